The molecule has 2 amide bonds. The van der Waals surface area contributed by atoms with E-state index in [4.69, 9.17) is 4.74 Å². The fourth-order valence-corrected chi connectivity index (χ4v) is 3.82. The number of halogens is 1. The Morgan fingerprint density at radius 2 is 1.94 bits per heavy atom. The molecule has 1 aliphatic rings. The molecule has 2 aromatic carbocycles. The largest absolute Gasteiger partial charge is 0.492 e. The Bertz CT molecular complexity index is 1160. The highest BCUT2D eigenvalue weighted by atomic mass is 19.1. The Hall–Kier alpha value is -3.95. The first-order valence-corrected chi connectivity index (χ1v) is 11.2. The summed E-state index contributed by atoms with van der Waals surface area (Å²) in [6, 6.07) is 11.4. The van der Waals surface area contributed by atoms with Gasteiger partial charge in [0.15, 0.2) is 0 Å². The van der Waals surface area contributed by atoms with Gasteiger partial charge in [-0.3, -0.25) is 9.59 Å². The molecule has 0 radical (unpaired) electrons. The number of hydrogen-bond acceptors (Lipinski definition) is 6. The van der Waals surface area contributed by atoms with Crippen molar-refractivity contribution in [2.75, 3.05) is 43.0 Å². The van der Waals surface area contributed by atoms with Gasteiger partial charge in [0, 0.05) is 43.5 Å². The molecular formula is C24H27FN6O3. The van der Waals surface area contributed by atoms with Crippen molar-refractivity contribution < 1.29 is 18.7 Å². The van der Waals surface area contributed by atoms with Crippen LogP contribution >= 0.6 is 0 Å². The molecule has 0 spiro atoms. The first-order valence-electron chi connectivity index (χ1n) is 11.2. The molecule has 10 heteroatoms. The van der Waals surface area contributed by atoms with Gasteiger partial charge in [-0.15, -0.1) is 0 Å². The second-order valence-corrected chi connectivity index (χ2v) is 7.93. The van der Waals surface area contributed by atoms with Crippen LogP contribution in [-0.2, 0) is 9.59 Å². The van der Waals surface area contributed by atoms with Gasteiger partial charge in [-0.2, -0.15) is 5.10 Å². The first kappa shape index (κ1) is 23.2. The predicted molar refractivity (Wildman–Crippen MR) is 126 cm³/mol. The summed E-state index contributed by atoms with van der Waals surface area (Å²) in [6.45, 7) is 5.70. The van der Waals surface area contributed by atoms with E-state index >= 15 is 0 Å². The molecule has 178 valence electrons. The zero-order valence-corrected chi connectivity index (χ0v) is 19.2. The maximum absolute atomic E-state index is 13.1. The van der Waals surface area contributed by atoms with E-state index in [1.165, 1.54) is 24.3 Å². The summed E-state index contributed by atoms with van der Waals surface area (Å²) < 4.78 is 20.6. The SMILES string of the molecule is CCOc1cc(N2CCC(=O)N(CC(=O)Nc3ccc(F)cc3)CC2)ccc1-n1cnc(C)n1. The minimum Gasteiger partial charge on any atom is -0.492 e. The molecule has 3 aromatic rings. The highest BCUT2D eigenvalue weighted by molar-refractivity contribution is 5.94. The predicted octanol–water partition coefficient (Wildman–Crippen LogP) is 2.79. The van der Waals surface area contributed by atoms with E-state index in [0.29, 0.717) is 43.5 Å². The third kappa shape index (κ3) is 5.51. The monoisotopic (exact) mass is 466 g/mol. The van der Waals surface area contributed by atoms with Gasteiger partial charge in [0.1, 0.15) is 29.4 Å². The fraction of sp³-hybridized carbons (Fsp3) is 0.333. The smallest absolute Gasteiger partial charge is 0.243 e. The van der Waals surface area contributed by atoms with Crippen molar-refractivity contribution in [3.63, 3.8) is 0 Å². The van der Waals surface area contributed by atoms with Crippen LogP contribution in [0.1, 0.15) is 19.2 Å². The number of aromatic nitrogens is 3. The minimum absolute atomic E-state index is 0.0567. The third-order valence-corrected chi connectivity index (χ3v) is 5.51. The maximum atomic E-state index is 13.1. The molecule has 0 atom stereocenters. The molecule has 0 saturated carbocycles. The van der Waals surface area contributed by atoms with Crippen molar-refractivity contribution in [3.8, 4) is 11.4 Å². The standard InChI is InChI=1S/C24H27FN6O3/c1-3-34-22-14-20(8-9-21(22)31-16-26-17(2)28-31)29-11-10-24(33)30(13-12-29)15-23(32)27-19-6-4-18(25)5-7-19/h4-9,14,16H,3,10-13,15H2,1-2H3,(H,27,32). The number of carbonyl (C=O) groups excluding carboxylic acids is 2. The number of nitrogens with zero attached hydrogens (tertiary/aromatic N) is 5. The number of carbonyl (C=O) groups is 2. The summed E-state index contributed by atoms with van der Waals surface area (Å²) in [5, 5.41) is 7.07. The summed E-state index contributed by atoms with van der Waals surface area (Å²) >= 11 is 0. The van der Waals surface area contributed by atoms with E-state index in [-0.39, 0.29) is 30.6 Å². The molecular weight excluding hydrogens is 439 g/mol. The quantitative estimate of drug-likeness (QED) is 0.576. The van der Waals surface area contributed by atoms with Gasteiger partial charge >= 0.3 is 0 Å². The van der Waals surface area contributed by atoms with Crippen molar-refractivity contribution in [1.29, 1.82) is 0 Å². The number of ether oxygens (including phenoxy) is 1. The molecule has 4 rings (SSSR count). The molecule has 1 saturated heterocycles. The van der Waals surface area contributed by atoms with Gasteiger partial charge in [-0.25, -0.2) is 14.1 Å². The molecule has 2 heterocycles. The number of rotatable bonds is 7. The molecule has 0 aliphatic carbocycles. The molecule has 1 aliphatic heterocycles. The Morgan fingerprint density at radius 3 is 2.65 bits per heavy atom. The van der Waals surface area contributed by atoms with Crippen LogP contribution < -0.4 is 15.0 Å². The lowest BCUT2D eigenvalue weighted by molar-refractivity contribution is -0.133. The van der Waals surface area contributed by atoms with Crippen molar-refractivity contribution >= 4 is 23.2 Å². The first-order chi connectivity index (χ1) is 16.4. The Labute approximate surface area is 197 Å². The van der Waals surface area contributed by atoms with Gasteiger partial charge < -0.3 is 19.9 Å². The average Bonchev–Trinajstić information content (AvgIpc) is 3.17. The van der Waals surface area contributed by atoms with Crippen LogP contribution in [0, 0.1) is 12.7 Å². The fourth-order valence-electron chi connectivity index (χ4n) is 3.82. The average molecular weight is 467 g/mol. The Balaban J connectivity index is 1.43. The van der Waals surface area contributed by atoms with E-state index in [9.17, 15) is 14.0 Å². The topological polar surface area (TPSA) is 92.6 Å². The van der Waals surface area contributed by atoms with Gasteiger partial charge in [-0.1, -0.05) is 0 Å². The molecule has 0 bridgehead atoms. The molecule has 1 fully saturated rings. The molecule has 1 N–H and O–H groups in total. The second-order valence-electron chi connectivity index (χ2n) is 7.93. The summed E-state index contributed by atoms with van der Waals surface area (Å²) in [4.78, 5) is 32.9. The van der Waals surface area contributed by atoms with Crippen LogP contribution in [0.15, 0.2) is 48.8 Å². The van der Waals surface area contributed by atoms with Crippen LogP contribution in [0.5, 0.6) is 5.75 Å². The summed E-state index contributed by atoms with van der Waals surface area (Å²) in [5.74, 6) is 0.561. The van der Waals surface area contributed by atoms with E-state index in [0.717, 1.165) is 11.4 Å². The highest BCUT2D eigenvalue weighted by Gasteiger charge is 2.24. The maximum Gasteiger partial charge on any atom is 0.243 e. The lowest BCUT2D eigenvalue weighted by Gasteiger charge is -2.24. The zero-order chi connectivity index (χ0) is 24.1. The summed E-state index contributed by atoms with van der Waals surface area (Å²) in [7, 11) is 0. The number of benzene rings is 2. The number of anilines is 2. The van der Waals surface area contributed by atoms with E-state index in [1.807, 2.05) is 32.0 Å². The van der Waals surface area contributed by atoms with Crippen molar-refractivity contribution in [3.05, 3.63) is 60.4 Å². The normalized spacial score (nSPS) is 14.1. The van der Waals surface area contributed by atoms with Crippen LogP contribution in [0.4, 0.5) is 15.8 Å². The van der Waals surface area contributed by atoms with E-state index in [1.54, 1.807) is 15.9 Å². The van der Waals surface area contributed by atoms with Gasteiger partial charge in [0.05, 0.1) is 13.2 Å². The number of hydrogen-bond donors (Lipinski definition) is 1. The number of aryl methyl sites for hydroxylation is 1. The lowest BCUT2D eigenvalue weighted by atomic mass is 10.2. The molecule has 34 heavy (non-hydrogen) atoms. The molecule has 0 unspecified atom stereocenters. The van der Waals surface area contributed by atoms with E-state index < -0.39 is 0 Å². The third-order valence-electron chi connectivity index (χ3n) is 5.51. The number of nitrogens with one attached hydrogen (secondary N) is 1. The van der Waals surface area contributed by atoms with Crippen LogP contribution in [-0.4, -0.2) is 64.3 Å². The molecule has 9 nitrogen and oxygen atoms in total. The summed E-state index contributed by atoms with van der Waals surface area (Å²) in [6.07, 6.45) is 1.93. The van der Waals surface area contributed by atoms with Gasteiger partial charge in [0.2, 0.25) is 11.8 Å². The highest BCUT2D eigenvalue weighted by Crippen LogP contribution is 2.29. The minimum atomic E-state index is -0.377. The van der Waals surface area contributed by atoms with Crippen LogP contribution in [0.25, 0.3) is 5.69 Å². The van der Waals surface area contributed by atoms with Crippen LogP contribution in [0.3, 0.4) is 0 Å². The van der Waals surface area contributed by atoms with Gasteiger partial charge in [-0.05, 0) is 50.2 Å². The second kappa shape index (κ2) is 10.3. The Morgan fingerprint density at radius 1 is 1.15 bits per heavy atom. The van der Waals surface area contributed by atoms with Crippen molar-refractivity contribution in [2.24, 2.45) is 0 Å². The van der Waals surface area contributed by atoms with E-state index in [2.05, 4.69) is 20.3 Å². The summed E-state index contributed by atoms with van der Waals surface area (Å²) in [5.41, 5.74) is 2.20. The molecule has 1 aromatic heterocycles. The van der Waals surface area contributed by atoms with Crippen LogP contribution in [0.2, 0.25) is 0 Å². The lowest BCUT2D eigenvalue weighted by Crippen LogP contribution is -2.39. The van der Waals surface area contributed by atoms with Crippen molar-refractivity contribution in [1.82, 2.24) is 19.7 Å². The number of amides is 2. The zero-order valence-electron chi connectivity index (χ0n) is 19.2. The van der Waals surface area contributed by atoms with Crippen molar-refractivity contribution in [2.45, 2.75) is 20.3 Å². The Kier molecular flexibility index (Phi) is 7.05. The van der Waals surface area contributed by atoms with Gasteiger partial charge in [0.25, 0.3) is 0 Å².